The molecule has 0 saturated heterocycles. The predicted octanol–water partition coefficient (Wildman–Crippen LogP) is 2.69. The van der Waals surface area contributed by atoms with Crippen LogP contribution in [0.15, 0.2) is 46.0 Å². The van der Waals surface area contributed by atoms with Gasteiger partial charge in [0, 0.05) is 24.0 Å². The molecular weight excluding hydrogens is 359 g/mol. The van der Waals surface area contributed by atoms with Crippen molar-refractivity contribution in [3.05, 3.63) is 52.3 Å². The lowest BCUT2D eigenvalue weighted by Gasteiger charge is -2.20. The predicted molar refractivity (Wildman–Crippen MR) is 90.6 cm³/mol. The minimum Gasteiger partial charge on any atom is -0.355 e. The normalized spacial score (nSPS) is 15.3. The van der Waals surface area contributed by atoms with Crippen molar-refractivity contribution in [2.75, 3.05) is 11.9 Å². The molecule has 1 aliphatic rings. The third-order valence-electron chi connectivity index (χ3n) is 3.16. The monoisotopic (exact) mass is 370 g/mol. The Morgan fingerprint density at radius 1 is 1.26 bits per heavy atom. The molecule has 0 amide bonds. The number of guanidine groups is 1. The van der Waals surface area contributed by atoms with Gasteiger partial charge >= 0.3 is 0 Å². The maximum atomic E-state index is 12.2. The molecule has 120 valence electrons. The Morgan fingerprint density at radius 2 is 2.09 bits per heavy atom. The van der Waals surface area contributed by atoms with E-state index in [4.69, 9.17) is 23.2 Å². The highest BCUT2D eigenvalue weighted by Crippen LogP contribution is 2.36. The van der Waals surface area contributed by atoms with Gasteiger partial charge in [-0.25, -0.2) is 0 Å². The summed E-state index contributed by atoms with van der Waals surface area (Å²) in [6.45, 7) is 0.497. The van der Waals surface area contributed by atoms with Crippen LogP contribution in [-0.4, -0.2) is 25.9 Å². The van der Waals surface area contributed by atoms with Gasteiger partial charge in [-0.2, -0.15) is 8.42 Å². The summed E-state index contributed by atoms with van der Waals surface area (Å²) in [6.07, 6.45) is 4.13. The molecule has 2 heterocycles. The Hall–Kier alpha value is -1.83. The quantitative estimate of drug-likeness (QED) is 0.867. The fraction of sp³-hybridized carbons (Fsp3) is 0.143. The van der Waals surface area contributed by atoms with Crippen molar-refractivity contribution in [1.82, 2.24) is 10.3 Å². The van der Waals surface area contributed by atoms with E-state index in [0.717, 1.165) is 5.56 Å². The smallest absolute Gasteiger partial charge is 0.289 e. The van der Waals surface area contributed by atoms with Crippen LogP contribution in [-0.2, 0) is 16.4 Å². The van der Waals surface area contributed by atoms with Crippen LogP contribution in [0.25, 0.3) is 0 Å². The fourth-order valence-electron chi connectivity index (χ4n) is 2.18. The lowest BCUT2D eigenvalue weighted by atomic mass is 10.2. The van der Waals surface area contributed by atoms with Crippen LogP contribution in [0.5, 0.6) is 0 Å². The van der Waals surface area contributed by atoms with Crippen molar-refractivity contribution >= 4 is 44.9 Å². The number of anilines is 1. The van der Waals surface area contributed by atoms with Crippen LogP contribution in [0.2, 0.25) is 10.0 Å². The standard InChI is InChI=1S/C14H12Cl2N4O2S/c15-10-6-11(16)13-12(7-10)19-14(20-23(13,21)22)18-5-3-9-2-1-4-17-8-9/h1-2,4,6-8H,3,5H2,(H2,18,19,20). The minimum atomic E-state index is -3.87. The largest absolute Gasteiger partial charge is 0.355 e. The van der Waals surface area contributed by atoms with Gasteiger partial charge < -0.3 is 10.6 Å². The lowest BCUT2D eigenvalue weighted by molar-refractivity contribution is 0.597. The summed E-state index contributed by atoms with van der Waals surface area (Å²) in [5.74, 6) is 0.139. The highest BCUT2D eigenvalue weighted by molar-refractivity contribution is 7.90. The van der Waals surface area contributed by atoms with Crippen LogP contribution >= 0.6 is 23.2 Å². The zero-order valence-electron chi connectivity index (χ0n) is 11.8. The number of hydrogen-bond acceptors (Lipinski definition) is 5. The van der Waals surface area contributed by atoms with Crippen molar-refractivity contribution in [3.63, 3.8) is 0 Å². The van der Waals surface area contributed by atoms with Crippen molar-refractivity contribution in [1.29, 1.82) is 0 Å². The Bertz CT molecular complexity index is 870. The second kappa shape index (κ2) is 6.35. The highest BCUT2D eigenvalue weighted by Gasteiger charge is 2.28. The molecule has 2 N–H and O–H groups in total. The molecule has 1 aliphatic heterocycles. The van der Waals surface area contributed by atoms with Gasteiger partial charge in [-0.05, 0) is 30.2 Å². The number of aromatic nitrogens is 1. The van der Waals surface area contributed by atoms with Crippen LogP contribution in [0.1, 0.15) is 5.56 Å². The van der Waals surface area contributed by atoms with Gasteiger partial charge in [-0.15, -0.1) is 4.40 Å². The molecule has 0 fully saturated rings. The van der Waals surface area contributed by atoms with Gasteiger partial charge in [0.2, 0.25) is 5.96 Å². The third-order valence-corrected chi connectivity index (χ3v) is 5.17. The number of halogens is 2. The van der Waals surface area contributed by atoms with Crippen molar-refractivity contribution in [2.24, 2.45) is 4.40 Å². The molecule has 0 aliphatic carbocycles. The molecule has 23 heavy (non-hydrogen) atoms. The third kappa shape index (κ3) is 3.57. The van der Waals surface area contributed by atoms with Gasteiger partial charge in [0.15, 0.2) is 0 Å². The molecule has 0 unspecified atom stereocenters. The van der Waals surface area contributed by atoms with Gasteiger partial charge in [-0.1, -0.05) is 29.3 Å². The summed E-state index contributed by atoms with van der Waals surface area (Å²) in [5, 5.41) is 6.23. The van der Waals surface area contributed by atoms with E-state index in [0.29, 0.717) is 23.7 Å². The summed E-state index contributed by atoms with van der Waals surface area (Å²) in [5.41, 5.74) is 1.34. The molecule has 0 atom stereocenters. The maximum Gasteiger partial charge on any atom is 0.289 e. The van der Waals surface area contributed by atoms with Crippen molar-refractivity contribution < 1.29 is 8.42 Å². The van der Waals surface area contributed by atoms with Gasteiger partial charge in [-0.3, -0.25) is 4.98 Å². The van der Waals surface area contributed by atoms with Gasteiger partial charge in [0.25, 0.3) is 10.0 Å². The number of nitrogens with one attached hydrogen (secondary N) is 2. The maximum absolute atomic E-state index is 12.2. The highest BCUT2D eigenvalue weighted by atomic mass is 35.5. The summed E-state index contributed by atoms with van der Waals surface area (Å²) in [7, 11) is -3.87. The van der Waals surface area contributed by atoms with Crippen LogP contribution < -0.4 is 10.6 Å². The lowest BCUT2D eigenvalue weighted by Crippen LogP contribution is -2.36. The van der Waals surface area contributed by atoms with Crippen molar-refractivity contribution in [3.8, 4) is 0 Å². The second-order valence-corrected chi connectivity index (χ2v) is 7.23. The molecule has 0 spiro atoms. The molecule has 3 rings (SSSR count). The van der Waals surface area contributed by atoms with E-state index < -0.39 is 10.0 Å². The molecule has 2 aromatic rings. The summed E-state index contributed by atoms with van der Waals surface area (Å²) in [4.78, 5) is 3.96. The molecule has 0 radical (unpaired) electrons. The molecule has 0 saturated carbocycles. The van der Waals surface area contributed by atoms with Crippen LogP contribution in [0, 0.1) is 0 Å². The van der Waals surface area contributed by atoms with E-state index in [1.54, 1.807) is 12.4 Å². The Balaban J connectivity index is 1.77. The van der Waals surface area contributed by atoms with E-state index in [1.165, 1.54) is 12.1 Å². The molecule has 9 heteroatoms. The average Bonchev–Trinajstić information content (AvgIpc) is 2.46. The first kappa shape index (κ1) is 16.0. The average molecular weight is 371 g/mol. The Labute approximate surface area is 143 Å². The first-order valence-corrected chi connectivity index (χ1v) is 8.89. The second-order valence-electron chi connectivity index (χ2n) is 4.84. The molecule has 1 aromatic heterocycles. The van der Waals surface area contributed by atoms with E-state index in [9.17, 15) is 8.42 Å². The minimum absolute atomic E-state index is 0.0400. The number of hydrogen-bond donors (Lipinski definition) is 2. The summed E-state index contributed by atoms with van der Waals surface area (Å²) in [6, 6.07) is 6.65. The van der Waals surface area contributed by atoms with E-state index in [1.807, 2.05) is 12.1 Å². The van der Waals surface area contributed by atoms with Gasteiger partial charge in [0.05, 0.1) is 10.7 Å². The topological polar surface area (TPSA) is 83.5 Å². The number of benzene rings is 1. The molecule has 0 bridgehead atoms. The number of fused-ring (bicyclic) bond motifs is 1. The number of pyridine rings is 1. The Kier molecular flexibility index (Phi) is 4.43. The molecule has 1 aromatic carbocycles. The number of sulfonamides is 1. The molecule has 6 nitrogen and oxygen atoms in total. The zero-order chi connectivity index (χ0) is 16.4. The van der Waals surface area contributed by atoms with E-state index >= 15 is 0 Å². The van der Waals surface area contributed by atoms with Crippen LogP contribution in [0.4, 0.5) is 5.69 Å². The van der Waals surface area contributed by atoms with Gasteiger partial charge in [0.1, 0.15) is 4.90 Å². The molecular formula is C14H12Cl2N4O2S. The Morgan fingerprint density at radius 3 is 2.83 bits per heavy atom. The fourth-order valence-corrected chi connectivity index (χ4v) is 4.10. The zero-order valence-corrected chi connectivity index (χ0v) is 14.1. The number of rotatable bonds is 3. The van der Waals surface area contributed by atoms with Crippen molar-refractivity contribution in [2.45, 2.75) is 11.3 Å². The summed E-state index contributed by atoms with van der Waals surface area (Å²) < 4.78 is 28.2. The number of nitrogens with zero attached hydrogens (tertiary/aromatic N) is 2. The first-order valence-electron chi connectivity index (χ1n) is 6.69. The van der Waals surface area contributed by atoms with E-state index in [2.05, 4.69) is 20.0 Å². The van der Waals surface area contributed by atoms with Crippen LogP contribution in [0.3, 0.4) is 0 Å². The summed E-state index contributed by atoms with van der Waals surface area (Å²) >= 11 is 11.9. The first-order chi connectivity index (χ1) is 11.0. The van der Waals surface area contributed by atoms with E-state index in [-0.39, 0.29) is 15.9 Å². The SMILES string of the molecule is O=S1(=O)N=C(NCCc2cccnc2)Nc2cc(Cl)cc(Cl)c21.